The summed E-state index contributed by atoms with van der Waals surface area (Å²) in [4.78, 5) is 15.7. The van der Waals surface area contributed by atoms with Crippen LogP contribution in [0.5, 0.6) is 0 Å². The van der Waals surface area contributed by atoms with Crippen LogP contribution in [0.4, 0.5) is 0 Å². The monoisotopic (exact) mass is 489 g/mol. The lowest BCUT2D eigenvalue weighted by molar-refractivity contribution is -0.170. The summed E-state index contributed by atoms with van der Waals surface area (Å²) in [5.41, 5.74) is 6.52. The maximum atomic E-state index is 13.7. The summed E-state index contributed by atoms with van der Waals surface area (Å²) in [6, 6.07) is 15.2. The predicted molar refractivity (Wildman–Crippen MR) is 141 cm³/mol. The SMILES string of the molecule is CCO[C@H]1OC(C(=O)N2CCCCCCC2)=C[C@@H](c2cccc3c2Cc2ccccc2-3)[C@H]1CCCO. The molecule has 0 saturated carbocycles. The number of hydrogen-bond acceptors (Lipinski definition) is 4. The second-order valence-electron chi connectivity index (χ2n) is 10.3. The lowest BCUT2D eigenvalue weighted by Crippen LogP contribution is -2.41. The van der Waals surface area contributed by atoms with Crippen molar-refractivity contribution in [1.29, 1.82) is 0 Å². The Morgan fingerprint density at radius 1 is 1.03 bits per heavy atom. The third-order valence-corrected chi connectivity index (χ3v) is 8.01. The van der Waals surface area contributed by atoms with Gasteiger partial charge in [-0.1, -0.05) is 61.7 Å². The third kappa shape index (κ3) is 5.09. The van der Waals surface area contributed by atoms with Crippen molar-refractivity contribution in [3.8, 4) is 11.1 Å². The van der Waals surface area contributed by atoms with Gasteiger partial charge in [0.25, 0.3) is 5.91 Å². The predicted octanol–water partition coefficient (Wildman–Crippen LogP) is 5.80. The molecule has 0 bridgehead atoms. The van der Waals surface area contributed by atoms with Crippen LogP contribution in [0.2, 0.25) is 0 Å². The van der Waals surface area contributed by atoms with Crippen LogP contribution in [0.25, 0.3) is 11.1 Å². The van der Waals surface area contributed by atoms with E-state index in [9.17, 15) is 9.90 Å². The van der Waals surface area contributed by atoms with Gasteiger partial charge in [0.1, 0.15) is 0 Å². The molecule has 3 atom stereocenters. The first kappa shape index (κ1) is 25.0. The summed E-state index contributed by atoms with van der Waals surface area (Å²) in [5, 5.41) is 9.65. The molecule has 192 valence electrons. The fourth-order valence-corrected chi connectivity index (χ4v) is 6.22. The molecule has 0 radical (unpaired) electrons. The second-order valence-corrected chi connectivity index (χ2v) is 10.3. The third-order valence-electron chi connectivity index (χ3n) is 8.01. The van der Waals surface area contributed by atoms with Crippen molar-refractivity contribution in [2.45, 2.75) is 70.5 Å². The molecular weight excluding hydrogens is 450 g/mol. The smallest absolute Gasteiger partial charge is 0.288 e. The zero-order valence-electron chi connectivity index (χ0n) is 21.5. The van der Waals surface area contributed by atoms with Crippen LogP contribution in [0.1, 0.15) is 74.5 Å². The number of carbonyl (C=O) groups excluding carboxylic acids is 1. The first-order chi connectivity index (χ1) is 17.7. The highest BCUT2D eigenvalue weighted by molar-refractivity contribution is 5.92. The molecule has 1 aliphatic carbocycles. The number of rotatable bonds is 7. The van der Waals surface area contributed by atoms with E-state index in [1.54, 1.807) is 0 Å². The Hall–Kier alpha value is -2.63. The minimum atomic E-state index is -0.509. The summed E-state index contributed by atoms with van der Waals surface area (Å²) < 4.78 is 12.4. The molecule has 1 N–H and O–H groups in total. The first-order valence-corrected chi connectivity index (χ1v) is 13.8. The molecule has 0 unspecified atom stereocenters. The fraction of sp³-hybridized carbons (Fsp3) is 0.516. The average molecular weight is 490 g/mol. The van der Waals surface area contributed by atoms with Crippen molar-refractivity contribution >= 4 is 5.91 Å². The molecule has 36 heavy (non-hydrogen) atoms. The quantitative estimate of drug-likeness (QED) is 0.456. The van der Waals surface area contributed by atoms with Gasteiger partial charge in [0, 0.05) is 38.1 Å². The van der Waals surface area contributed by atoms with Crippen molar-refractivity contribution in [3.05, 3.63) is 71.0 Å². The molecular formula is C31H39NO4. The van der Waals surface area contributed by atoms with Crippen LogP contribution >= 0.6 is 0 Å². The number of likely N-dealkylation sites (tertiary alicyclic amines) is 1. The van der Waals surface area contributed by atoms with Gasteiger partial charge in [-0.2, -0.15) is 0 Å². The fourth-order valence-electron chi connectivity index (χ4n) is 6.22. The van der Waals surface area contributed by atoms with E-state index in [2.05, 4.69) is 48.5 Å². The molecule has 2 aliphatic heterocycles. The van der Waals surface area contributed by atoms with Crippen LogP contribution in [-0.2, 0) is 20.7 Å². The number of aliphatic hydroxyl groups is 1. The number of ether oxygens (including phenoxy) is 2. The minimum Gasteiger partial charge on any atom is -0.459 e. The summed E-state index contributed by atoms with van der Waals surface area (Å²) in [6.07, 6.45) is 9.58. The molecule has 3 aliphatic rings. The largest absolute Gasteiger partial charge is 0.459 e. The van der Waals surface area contributed by atoms with E-state index in [-0.39, 0.29) is 24.3 Å². The van der Waals surface area contributed by atoms with Crippen molar-refractivity contribution in [3.63, 3.8) is 0 Å². The summed E-state index contributed by atoms with van der Waals surface area (Å²) >= 11 is 0. The number of carbonyl (C=O) groups is 1. The Balaban J connectivity index is 1.54. The molecule has 1 saturated heterocycles. The Kier molecular flexibility index (Phi) is 8.08. The van der Waals surface area contributed by atoms with E-state index < -0.39 is 6.29 Å². The van der Waals surface area contributed by atoms with Gasteiger partial charge in [0.15, 0.2) is 5.76 Å². The van der Waals surface area contributed by atoms with Crippen molar-refractivity contribution in [2.24, 2.45) is 5.92 Å². The average Bonchev–Trinajstić information content (AvgIpc) is 3.26. The molecule has 1 amide bonds. The Bertz CT molecular complexity index is 1090. The molecule has 2 heterocycles. The number of amides is 1. The second kappa shape index (κ2) is 11.6. The van der Waals surface area contributed by atoms with Crippen molar-refractivity contribution in [1.82, 2.24) is 4.90 Å². The Morgan fingerprint density at radius 2 is 1.78 bits per heavy atom. The van der Waals surface area contributed by atoms with E-state index in [1.165, 1.54) is 47.1 Å². The van der Waals surface area contributed by atoms with Crippen molar-refractivity contribution < 1.29 is 19.4 Å². The van der Waals surface area contributed by atoms with E-state index in [1.807, 2.05) is 11.8 Å². The molecule has 5 nitrogen and oxygen atoms in total. The van der Waals surface area contributed by atoms with Gasteiger partial charge in [-0.15, -0.1) is 0 Å². The molecule has 2 aromatic rings. The summed E-state index contributed by atoms with van der Waals surface area (Å²) in [6.45, 7) is 4.18. The number of hydrogen-bond donors (Lipinski definition) is 1. The maximum Gasteiger partial charge on any atom is 0.288 e. The zero-order chi connectivity index (χ0) is 24.9. The number of aliphatic hydroxyl groups excluding tert-OH is 1. The lowest BCUT2D eigenvalue weighted by atomic mass is 9.78. The lowest BCUT2D eigenvalue weighted by Gasteiger charge is -2.38. The van der Waals surface area contributed by atoms with E-state index in [0.29, 0.717) is 18.8 Å². The van der Waals surface area contributed by atoms with Gasteiger partial charge < -0.3 is 19.5 Å². The number of benzene rings is 2. The topological polar surface area (TPSA) is 59.0 Å². The molecule has 2 aromatic carbocycles. The van der Waals surface area contributed by atoms with Crippen LogP contribution in [-0.4, -0.2) is 48.5 Å². The van der Waals surface area contributed by atoms with E-state index in [0.717, 1.165) is 38.8 Å². The highest BCUT2D eigenvalue weighted by atomic mass is 16.7. The Labute approximate surface area is 215 Å². The highest BCUT2D eigenvalue weighted by Gasteiger charge is 2.40. The standard InChI is InChI=1S/C31H39NO4/c1-2-35-31-26(16-11-19-33)28(21-29(36-31)30(34)32-17-8-4-3-5-9-18-32)25-15-10-14-24-23-13-7-6-12-22(23)20-27(24)25/h6-7,10,12-15,21,26,28,31,33H,2-5,8-9,11,16-20H2,1H3/t26-,28+,31+/m1/s1. The van der Waals surface area contributed by atoms with Gasteiger partial charge in [0.2, 0.25) is 6.29 Å². The van der Waals surface area contributed by atoms with Gasteiger partial charge >= 0.3 is 0 Å². The van der Waals surface area contributed by atoms with Gasteiger partial charge in [-0.25, -0.2) is 0 Å². The van der Waals surface area contributed by atoms with Crippen LogP contribution in [0, 0.1) is 5.92 Å². The molecule has 5 rings (SSSR count). The van der Waals surface area contributed by atoms with Gasteiger partial charge in [-0.05, 0) is 72.9 Å². The maximum absolute atomic E-state index is 13.7. The normalized spacial score (nSPS) is 23.7. The first-order valence-electron chi connectivity index (χ1n) is 13.8. The van der Waals surface area contributed by atoms with Crippen LogP contribution in [0.15, 0.2) is 54.3 Å². The summed E-state index contributed by atoms with van der Waals surface area (Å²) in [7, 11) is 0. The molecule has 5 heteroatoms. The van der Waals surface area contributed by atoms with Crippen LogP contribution in [0.3, 0.4) is 0 Å². The summed E-state index contributed by atoms with van der Waals surface area (Å²) in [5.74, 6) is 0.423. The number of nitrogens with zero attached hydrogens (tertiary/aromatic N) is 1. The molecule has 0 spiro atoms. The number of fused-ring (bicyclic) bond motifs is 3. The highest BCUT2D eigenvalue weighted by Crippen LogP contribution is 2.46. The van der Waals surface area contributed by atoms with Gasteiger partial charge in [-0.3, -0.25) is 4.79 Å². The Morgan fingerprint density at radius 3 is 2.56 bits per heavy atom. The number of allylic oxidation sites excluding steroid dienone is 1. The molecule has 0 aromatic heterocycles. The van der Waals surface area contributed by atoms with Gasteiger partial charge in [0.05, 0.1) is 0 Å². The van der Waals surface area contributed by atoms with Crippen LogP contribution < -0.4 is 0 Å². The molecule has 1 fully saturated rings. The van der Waals surface area contributed by atoms with E-state index in [4.69, 9.17) is 9.47 Å². The minimum absolute atomic E-state index is 0.0110. The zero-order valence-corrected chi connectivity index (χ0v) is 21.5. The van der Waals surface area contributed by atoms with Crippen molar-refractivity contribution in [2.75, 3.05) is 26.3 Å². The van der Waals surface area contributed by atoms with E-state index >= 15 is 0 Å².